The van der Waals surface area contributed by atoms with Crippen molar-refractivity contribution in [1.29, 1.82) is 0 Å². The van der Waals surface area contributed by atoms with Crippen LogP contribution in [-0.4, -0.2) is 32.1 Å². The Morgan fingerprint density at radius 3 is 2.36 bits per heavy atom. The summed E-state index contributed by atoms with van der Waals surface area (Å²) in [4.78, 5) is 22.6. The van der Waals surface area contributed by atoms with Crippen LogP contribution in [-0.2, 0) is 14.3 Å². The molecular formula is C17H17NO4. The highest BCUT2D eigenvalue weighted by atomic mass is 16.6. The van der Waals surface area contributed by atoms with Gasteiger partial charge in [0.05, 0.1) is 0 Å². The second-order valence-corrected chi connectivity index (χ2v) is 4.48. The topological polar surface area (TPSA) is 64.6 Å². The molecule has 0 aliphatic heterocycles. The van der Waals surface area contributed by atoms with E-state index in [1.54, 1.807) is 6.07 Å². The molecule has 1 amide bonds. The Hall–Kier alpha value is -2.82. The van der Waals surface area contributed by atoms with Gasteiger partial charge in [-0.2, -0.15) is 0 Å². The highest BCUT2D eigenvalue weighted by molar-refractivity contribution is 5.80. The van der Waals surface area contributed by atoms with Gasteiger partial charge >= 0.3 is 5.97 Å². The van der Waals surface area contributed by atoms with E-state index >= 15 is 0 Å². The Balaban J connectivity index is 1.99. The minimum atomic E-state index is -0.591. The number of carbonyl (C=O) groups excluding carboxylic acids is 2. The number of nitrogens with one attached hydrogen (secondary N) is 1. The molecule has 0 aromatic heterocycles. The van der Waals surface area contributed by atoms with Gasteiger partial charge in [-0.3, -0.25) is 4.79 Å². The minimum absolute atomic E-state index is 0.249. The van der Waals surface area contributed by atoms with Gasteiger partial charge in [-0.25, -0.2) is 4.79 Å². The van der Waals surface area contributed by atoms with E-state index in [4.69, 9.17) is 9.47 Å². The average Bonchev–Trinajstić information content (AvgIpc) is 2.58. The number of carbonyl (C=O) groups is 2. The van der Waals surface area contributed by atoms with Crippen molar-refractivity contribution in [3.05, 3.63) is 54.6 Å². The van der Waals surface area contributed by atoms with Gasteiger partial charge in [0.25, 0.3) is 5.91 Å². The summed E-state index contributed by atoms with van der Waals surface area (Å²) in [5.74, 6) is -0.366. The molecule has 0 saturated carbocycles. The molecular weight excluding hydrogens is 282 g/mol. The lowest BCUT2D eigenvalue weighted by Crippen LogP contribution is -2.26. The smallest absolute Gasteiger partial charge is 0.344 e. The maximum Gasteiger partial charge on any atom is 0.344 e. The van der Waals surface area contributed by atoms with Crippen LogP contribution < -0.4 is 10.1 Å². The average molecular weight is 299 g/mol. The van der Waals surface area contributed by atoms with Gasteiger partial charge in [0.1, 0.15) is 5.75 Å². The molecule has 2 aromatic carbocycles. The van der Waals surface area contributed by atoms with E-state index in [2.05, 4.69) is 5.32 Å². The maximum absolute atomic E-state index is 11.6. The van der Waals surface area contributed by atoms with Gasteiger partial charge in [0.15, 0.2) is 13.2 Å². The summed E-state index contributed by atoms with van der Waals surface area (Å²) in [6.45, 7) is -0.556. The van der Waals surface area contributed by atoms with E-state index in [1.807, 2.05) is 48.5 Å². The summed E-state index contributed by atoms with van der Waals surface area (Å²) in [5, 5.41) is 2.37. The lowest BCUT2D eigenvalue weighted by molar-refractivity contribution is -0.150. The third-order valence-electron chi connectivity index (χ3n) is 2.96. The number of benzene rings is 2. The summed E-state index contributed by atoms with van der Waals surface area (Å²) in [6.07, 6.45) is 0. The van der Waals surface area contributed by atoms with E-state index in [9.17, 15) is 9.59 Å². The molecule has 5 heteroatoms. The number of para-hydroxylation sites is 1. The van der Waals surface area contributed by atoms with Crippen molar-refractivity contribution in [2.24, 2.45) is 0 Å². The van der Waals surface area contributed by atoms with Crippen LogP contribution in [0.15, 0.2) is 54.6 Å². The van der Waals surface area contributed by atoms with Crippen LogP contribution in [0, 0.1) is 0 Å². The van der Waals surface area contributed by atoms with Gasteiger partial charge in [-0.15, -0.1) is 0 Å². The number of hydrogen-bond donors (Lipinski definition) is 1. The second-order valence-electron chi connectivity index (χ2n) is 4.48. The zero-order valence-corrected chi connectivity index (χ0v) is 12.2. The van der Waals surface area contributed by atoms with Crippen LogP contribution in [0.1, 0.15) is 0 Å². The fraction of sp³-hybridized carbons (Fsp3) is 0.176. The summed E-state index contributed by atoms with van der Waals surface area (Å²) < 4.78 is 10.3. The summed E-state index contributed by atoms with van der Waals surface area (Å²) in [7, 11) is 1.47. The summed E-state index contributed by atoms with van der Waals surface area (Å²) >= 11 is 0. The molecule has 0 atom stereocenters. The van der Waals surface area contributed by atoms with Crippen LogP contribution >= 0.6 is 0 Å². The zero-order chi connectivity index (χ0) is 15.8. The van der Waals surface area contributed by atoms with Crippen molar-refractivity contribution in [2.75, 3.05) is 20.3 Å². The largest absolute Gasteiger partial charge is 0.481 e. The Bertz CT molecular complexity index is 640. The molecule has 22 heavy (non-hydrogen) atoms. The summed E-state index contributed by atoms with van der Waals surface area (Å²) in [5.41, 5.74) is 1.89. The molecule has 0 spiro atoms. The molecule has 0 unspecified atom stereocenters. The molecule has 0 fully saturated rings. The Labute approximate surface area is 128 Å². The summed E-state index contributed by atoms with van der Waals surface area (Å²) in [6, 6.07) is 17.2. The molecule has 2 aromatic rings. The van der Waals surface area contributed by atoms with Gasteiger partial charge in [0.2, 0.25) is 0 Å². The molecule has 114 valence electrons. The van der Waals surface area contributed by atoms with Gasteiger partial charge in [-0.05, 0) is 11.6 Å². The first-order valence-electron chi connectivity index (χ1n) is 6.84. The number of likely N-dealkylation sites (N-methyl/N-ethyl adjacent to an activating group) is 1. The molecule has 0 bridgehead atoms. The van der Waals surface area contributed by atoms with Gasteiger partial charge < -0.3 is 14.8 Å². The molecule has 0 heterocycles. The number of ether oxygens (including phenoxy) is 2. The standard InChI is InChI=1S/C17H17NO4/c1-18-16(19)11-22-17(20)12-21-15-10-6-5-9-14(15)13-7-3-2-4-8-13/h2-10H,11-12H2,1H3,(H,18,19). The van der Waals surface area contributed by atoms with E-state index in [0.717, 1.165) is 11.1 Å². The van der Waals surface area contributed by atoms with E-state index in [1.165, 1.54) is 7.05 Å². The van der Waals surface area contributed by atoms with Gasteiger partial charge in [-0.1, -0.05) is 48.5 Å². The monoisotopic (exact) mass is 299 g/mol. The number of amides is 1. The molecule has 0 aliphatic carbocycles. The normalized spacial score (nSPS) is 9.86. The minimum Gasteiger partial charge on any atom is -0.481 e. The first-order valence-corrected chi connectivity index (χ1v) is 6.84. The lowest BCUT2D eigenvalue weighted by atomic mass is 10.1. The fourth-order valence-corrected chi connectivity index (χ4v) is 1.85. The quantitative estimate of drug-likeness (QED) is 0.829. The van der Waals surface area contributed by atoms with E-state index in [0.29, 0.717) is 5.75 Å². The van der Waals surface area contributed by atoms with Crippen molar-refractivity contribution in [3.63, 3.8) is 0 Å². The fourth-order valence-electron chi connectivity index (χ4n) is 1.85. The number of hydrogen-bond acceptors (Lipinski definition) is 4. The SMILES string of the molecule is CNC(=O)COC(=O)COc1ccccc1-c1ccccc1. The first-order chi connectivity index (χ1) is 10.7. The van der Waals surface area contributed by atoms with Crippen molar-refractivity contribution in [1.82, 2.24) is 5.32 Å². The van der Waals surface area contributed by atoms with Crippen LogP contribution in [0.2, 0.25) is 0 Å². The molecule has 0 radical (unpaired) electrons. The Morgan fingerprint density at radius 1 is 0.955 bits per heavy atom. The number of rotatable bonds is 6. The van der Waals surface area contributed by atoms with Gasteiger partial charge in [0, 0.05) is 12.6 Å². The molecule has 1 N–H and O–H groups in total. The molecule has 5 nitrogen and oxygen atoms in total. The van der Waals surface area contributed by atoms with E-state index < -0.39 is 5.97 Å². The van der Waals surface area contributed by atoms with Crippen molar-refractivity contribution < 1.29 is 19.1 Å². The molecule has 0 saturated heterocycles. The first kappa shape index (κ1) is 15.6. The Morgan fingerprint density at radius 2 is 1.64 bits per heavy atom. The van der Waals surface area contributed by atoms with E-state index in [-0.39, 0.29) is 19.1 Å². The highest BCUT2D eigenvalue weighted by Crippen LogP contribution is 2.29. The predicted octanol–water partition coefficient (Wildman–Crippen LogP) is 2.02. The van der Waals surface area contributed by atoms with Crippen LogP contribution in [0.5, 0.6) is 5.75 Å². The zero-order valence-electron chi connectivity index (χ0n) is 12.2. The predicted molar refractivity (Wildman–Crippen MR) is 82.4 cm³/mol. The van der Waals surface area contributed by atoms with Crippen LogP contribution in [0.4, 0.5) is 0 Å². The Kier molecular flexibility index (Phi) is 5.54. The molecule has 2 rings (SSSR count). The maximum atomic E-state index is 11.6. The van der Waals surface area contributed by atoms with Crippen molar-refractivity contribution in [2.45, 2.75) is 0 Å². The number of esters is 1. The third kappa shape index (κ3) is 4.34. The highest BCUT2D eigenvalue weighted by Gasteiger charge is 2.10. The molecule has 0 aliphatic rings. The van der Waals surface area contributed by atoms with Crippen LogP contribution in [0.3, 0.4) is 0 Å². The second kappa shape index (κ2) is 7.83. The lowest BCUT2D eigenvalue weighted by Gasteiger charge is -2.11. The van der Waals surface area contributed by atoms with Crippen molar-refractivity contribution in [3.8, 4) is 16.9 Å². The van der Waals surface area contributed by atoms with Crippen molar-refractivity contribution >= 4 is 11.9 Å². The third-order valence-corrected chi connectivity index (χ3v) is 2.96. The van der Waals surface area contributed by atoms with Crippen LogP contribution in [0.25, 0.3) is 11.1 Å².